The van der Waals surface area contributed by atoms with Gasteiger partial charge in [-0.25, -0.2) is 22.7 Å². The zero-order valence-electron chi connectivity index (χ0n) is 15.1. The standard InChI is InChI=1S/C18H19FN2O6S/c1-18(2,27-14-7-3-12(19)4-8-14)17(23)26-11-16(22)21-13-5-9-15(10-6-13)28(20,24)25/h3-10H,11H2,1-2H3,(H,21,22)(H2,20,24,25). The van der Waals surface area contributed by atoms with Gasteiger partial charge in [0.05, 0.1) is 4.90 Å². The molecule has 0 bridgehead atoms. The lowest BCUT2D eigenvalue weighted by Crippen LogP contribution is -2.41. The molecule has 0 saturated carbocycles. The minimum atomic E-state index is -3.83. The van der Waals surface area contributed by atoms with E-state index < -0.39 is 39.9 Å². The Hall–Kier alpha value is -2.98. The van der Waals surface area contributed by atoms with Crippen molar-refractivity contribution in [1.82, 2.24) is 0 Å². The number of ether oxygens (including phenoxy) is 2. The van der Waals surface area contributed by atoms with E-state index in [0.717, 1.165) is 0 Å². The summed E-state index contributed by atoms with van der Waals surface area (Å²) in [5, 5.41) is 7.44. The molecular weight excluding hydrogens is 391 g/mol. The van der Waals surface area contributed by atoms with Crippen LogP contribution in [0.2, 0.25) is 0 Å². The topological polar surface area (TPSA) is 125 Å². The van der Waals surface area contributed by atoms with E-state index in [0.29, 0.717) is 5.69 Å². The van der Waals surface area contributed by atoms with E-state index in [2.05, 4.69) is 5.32 Å². The number of benzene rings is 2. The van der Waals surface area contributed by atoms with Gasteiger partial charge in [0.25, 0.3) is 5.91 Å². The van der Waals surface area contributed by atoms with Gasteiger partial charge in [0.15, 0.2) is 12.2 Å². The normalized spacial score (nSPS) is 11.6. The molecule has 28 heavy (non-hydrogen) atoms. The fourth-order valence-corrected chi connectivity index (χ4v) is 2.58. The van der Waals surface area contributed by atoms with Crippen LogP contribution in [0.3, 0.4) is 0 Å². The summed E-state index contributed by atoms with van der Waals surface area (Å²) in [6.07, 6.45) is 0. The van der Waals surface area contributed by atoms with Gasteiger partial charge >= 0.3 is 5.97 Å². The molecule has 0 spiro atoms. The van der Waals surface area contributed by atoms with Crippen LogP contribution in [0.15, 0.2) is 53.4 Å². The predicted molar refractivity (Wildman–Crippen MR) is 98.5 cm³/mol. The van der Waals surface area contributed by atoms with Crippen LogP contribution in [0, 0.1) is 5.82 Å². The van der Waals surface area contributed by atoms with Gasteiger partial charge in [-0.3, -0.25) is 4.79 Å². The number of nitrogens with two attached hydrogens (primary N) is 1. The summed E-state index contributed by atoms with van der Waals surface area (Å²) < 4.78 is 45.7. The molecule has 0 atom stereocenters. The number of carbonyl (C=O) groups excluding carboxylic acids is 2. The molecule has 0 aromatic heterocycles. The van der Waals surface area contributed by atoms with Crippen LogP contribution < -0.4 is 15.2 Å². The average Bonchev–Trinajstić information content (AvgIpc) is 2.61. The van der Waals surface area contributed by atoms with Crippen molar-refractivity contribution in [3.8, 4) is 5.75 Å². The van der Waals surface area contributed by atoms with Crippen LogP contribution in [0.4, 0.5) is 10.1 Å². The Morgan fingerprint density at radius 3 is 2.18 bits per heavy atom. The first-order chi connectivity index (χ1) is 13.0. The molecule has 0 unspecified atom stereocenters. The fourth-order valence-electron chi connectivity index (χ4n) is 2.07. The monoisotopic (exact) mass is 410 g/mol. The van der Waals surface area contributed by atoms with Crippen molar-refractivity contribution >= 4 is 27.6 Å². The maximum Gasteiger partial charge on any atom is 0.350 e. The molecule has 0 radical (unpaired) electrons. The summed E-state index contributed by atoms with van der Waals surface area (Å²) >= 11 is 0. The second kappa shape index (κ2) is 8.36. The average molecular weight is 410 g/mol. The molecule has 2 rings (SSSR count). The van der Waals surface area contributed by atoms with Gasteiger partial charge in [-0.1, -0.05) is 0 Å². The molecular formula is C18H19FN2O6S. The second-order valence-electron chi connectivity index (χ2n) is 6.26. The van der Waals surface area contributed by atoms with Crippen LogP contribution in [0.5, 0.6) is 5.75 Å². The number of anilines is 1. The number of esters is 1. The first-order valence-corrected chi connectivity index (χ1v) is 9.56. The number of halogens is 1. The zero-order chi connectivity index (χ0) is 20.9. The summed E-state index contributed by atoms with van der Waals surface area (Å²) in [6, 6.07) is 10.3. The molecule has 2 aromatic carbocycles. The Balaban J connectivity index is 1.88. The highest BCUT2D eigenvalue weighted by Gasteiger charge is 2.32. The number of nitrogens with one attached hydrogen (secondary N) is 1. The van der Waals surface area contributed by atoms with Gasteiger partial charge in [0.1, 0.15) is 11.6 Å². The van der Waals surface area contributed by atoms with E-state index in [-0.39, 0.29) is 10.6 Å². The summed E-state index contributed by atoms with van der Waals surface area (Å²) in [5.74, 6) is -1.60. The molecule has 10 heteroatoms. The van der Waals surface area contributed by atoms with Gasteiger partial charge in [0.2, 0.25) is 10.0 Å². The third-order valence-electron chi connectivity index (χ3n) is 3.48. The quantitative estimate of drug-likeness (QED) is 0.671. The summed E-state index contributed by atoms with van der Waals surface area (Å²) in [4.78, 5) is 24.0. The number of hydrogen-bond donors (Lipinski definition) is 2. The third kappa shape index (κ3) is 6.03. The number of sulfonamides is 1. The van der Waals surface area contributed by atoms with Gasteiger partial charge in [-0.2, -0.15) is 0 Å². The van der Waals surface area contributed by atoms with Crippen molar-refractivity contribution in [2.45, 2.75) is 24.3 Å². The minimum absolute atomic E-state index is 0.100. The van der Waals surface area contributed by atoms with Crippen molar-refractivity contribution in [2.24, 2.45) is 5.14 Å². The van der Waals surface area contributed by atoms with Gasteiger partial charge < -0.3 is 14.8 Å². The summed E-state index contributed by atoms with van der Waals surface area (Å²) in [7, 11) is -3.83. The Morgan fingerprint density at radius 1 is 1.07 bits per heavy atom. The first kappa shape index (κ1) is 21.3. The lowest BCUT2D eigenvalue weighted by atomic mass is 10.1. The summed E-state index contributed by atoms with van der Waals surface area (Å²) in [6.45, 7) is 2.32. The number of primary sulfonamides is 1. The molecule has 3 N–H and O–H groups in total. The van der Waals surface area contributed by atoms with Crippen molar-refractivity contribution < 1.29 is 31.9 Å². The zero-order valence-corrected chi connectivity index (χ0v) is 16.0. The van der Waals surface area contributed by atoms with E-state index in [1.165, 1.54) is 62.4 Å². The molecule has 0 aliphatic rings. The smallest absolute Gasteiger partial charge is 0.350 e. The Kier molecular flexibility index (Phi) is 6.37. The molecule has 0 saturated heterocycles. The molecule has 150 valence electrons. The van der Waals surface area contributed by atoms with E-state index >= 15 is 0 Å². The van der Waals surface area contributed by atoms with E-state index in [9.17, 15) is 22.4 Å². The SMILES string of the molecule is CC(C)(Oc1ccc(F)cc1)C(=O)OCC(=O)Nc1ccc(S(N)(=O)=O)cc1. The minimum Gasteiger partial charge on any atom is -0.476 e. The molecule has 2 aromatic rings. The highest BCUT2D eigenvalue weighted by atomic mass is 32.2. The van der Waals surface area contributed by atoms with Crippen LogP contribution in [0.25, 0.3) is 0 Å². The van der Waals surface area contributed by atoms with Crippen LogP contribution in [-0.4, -0.2) is 32.5 Å². The number of rotatable bonds is 7. The van der Waals surface area contributed by atoms with Crippen molar-refractivity contribution in [1.29, 1.82) is 0 Å². The molecule has 0 heterocycles. The molecule has 1 amide bonds. The van der Waals surface area contributed by atoms with Gasteiger partial charge in [0, 0.05) is 5.69 Å². The molecule has 0 aliphatic heterocycles. The summed E-state index contributed by atoms with van der Waals surface area (Å²) in [5.41, 5.74) is -1.11. The lowest BCUT2D eigenvalue weighted by molar-refractivity contribution is -0.161. The molecule has 0 fully saturated rings. The molecule has 8 nitrogen and oxygen atoms in total. The van der Waals surface area contributed by atoms with Crippen LogP contribution in [0.1, 0.15) is 13.8 Å². The molecule has 0 aliphatic carbocycles. The number of hydrogen-bond acceptors (Lipinski definition) is 6. The highest BCUT2D eigenvalue weighted by Crippen LogP contribution is 2.20. The maximum absolute atomic E-state index is 12.9. The lowest BCUT2D eigenvalue weighted by Gasteiger charge is -2.24. The Morgan fingerprint density at radius 2 is 1.64 bits per heavy atom. The number of amides is 1. The highest BCUT2D eigenvalue weighted by molar-refractivity contribution is 7.89. The van der Waals surface area contributed by atoms with Crippen molar-refractivity contribution in [2.75, 3.05) is 11.9 Å². The van der Waals surface area contributed by atoms with Gasteiger partial charge in [-0.15, -0.1) is 0 Å². The fraction of sp³-hybridized carbons (Fsp3) is 0.222. The van der Waals surface area contributed by atoms with E-state index in [1.54, 1.807) is 0 Å². The van der Waals surface area contributed by atoms with E-state index in [4.69, 9.17) is 14.6 Å². The second-order valence-corrected chi connectivity index (χ2v) is 7.82. The largest absolute Gasteiger partial charge is 0.476 e. The first-order valence-electron chi connectivity index (χ1n) is 8.02. The van der Waals surface area contributed by atoms with Crippen molar-refractivity contribution in [3.05, 3.63) is 54.3 Å². The van der Waals surface area contributed by atoms with Gasteiger partial charge in [-0.05, 0) is 62.4 Å². The van der Waals surface area contributed by atoms with Crippen LogP contribution >= 0.6 is 0 Å². The third-order valence-corrected chi connectivity index (χ3v) is 4.41. The Bertz CT molecular complexity index is 957. The Labute approximate surface area is 161 Å². The van der Waals surface area contributed by atoms with Crippen molar-refractivity contribution in [3.63, 3.8) is 0 Å². The predicted octanol–water partition coefficient (Wildman–Crippen LogP) is 1.81. The van der Waals surface area contributed by atoms with E-state index in [1.807, 2.05) is 0 Å². The maximum atomic E-state index is 12.9. The number of carbonyl (C=O) groups is 2. The van der Waals surface area contributed by atoms with Crippen LogP contribution in [-0.2, 0) is 24.3 Å².